The maximum absolute atomic E-state index is 12.4. The number of thiazole rings is 1. The standard InChI is InChI=1S/C19H19BrN2O3S2/c1-12(2)27(24,25)15-7-4-13(5-8-15)10-18(23)21-19-22(3)16-9-6-14(20)11-17(16)26-19/h4-9,11-12H,10H2,1-3H3. The predicted octanol–water partition coefficient (Wildman–Crippen LogP) is 3.85. The van der Waals surface area contributed by atoms with Gasteiger partial charge in [-0.15, -0.1) is 0 Å². The summed E-state index contributed by atoms with van der Waals surface area (Å²) in [5.41, 5.74) is 1.75. The molecule has 0 saturated heterocycles. The van der Waals surface area contributed by atoms with Crippen LogP contribution in [0.25, 0.3) is 10.2 Å². The van der Waals surface area contributed by atoms with Crippen LogP contribution in [0, 0.1) is 0 Å². The van der Waals surface area contributed by atoms with Crippen LogP contribution in [0.4, 0.5) is 0 Å². The van der Waals surface area contributed by atoms with Gasteiger partial charge in [-0.3, -0.25) is 4.79 Å². The second-order valence-electron chi connectivity index (χ2n) is 6.48. The van der Waals surface area contributed by atoms with Gasteiger partial charge < -0.3 is 4.57 Å². The highest BCUT2D eigenvalue weighted by molar-refractivity contribution is 9.10. The van der Waals surface area contributed by atoms with Gasteiger partial charge in [-0.25, -0.2) is 8.42 Å². The van der Waals surface area contributed by atoms with E-state index in [1.807, 2.05) is 29.8 Å². The van der Waals surface area contributed by atoms with E-state index >= 15 is 0 Å². The second-order valence-corrected chi connectivity index (χ2v) is 10.9. The van der Waals surface area contributed by atoms with Crippen LogP contribution in [0.1, 0.15) is 19.4 Å². The molecule has 0 unspecified atom stereocenters. The summed E-state index contributed by atoms with van der Waals surface area (Å²) >= 11 is 4.90. The van der Waals surface area contributed by atoms with Gasteiger partial charge in [0.15, 0.2) is 14.6 Å². The van der Waals surface area contributed by atoms with E-state index in [1.165, 1.54) is 11.3 Å². The zero-order valence-corrected chi connectivity index (χ0v) is 18.4. The number of rotatable bonds is 4. The largest absolute Gasteiger partial charge is 0.319 e. The average Bonchev–Trinajstić information content (AvgIpc) is 2.90. The Hall–Kier alpha value is -1.77. The van der Waals surface area contributed by atoms with E-state index in [2.05, 4.69) is 20.9 Å². The topological polar surface area (TPSA) is 68.5 Å². The number of benzene rings is 2. The maximum Gasteiger partial charge on any atom is 0.252 e. The fraction of sp³-hybridized carbons (Fsp3) is 0.263. The normalized spacial score (nSPS) is 12.9. The molecule has 0 spiro atoms. The lowest BCUT2D eigenvalue weighted by Crippen LogP contribution is -2.15. The minimum absolute atomic E-state index is 0.125. The monoisotopic (exact) mass is 466 g/mol. The molecule has 0 N–H and O–H groups in total. The Morgan fingerprint density at radius 2 is 1.85 bits per heavy atom. The molecule has 5 nitrogen and oxygen atoms in total. The molecule has 0 saturated carbocycles. The van der Waals surface area contributed by atoms with Gasteiger partial charge in [0.2, 0.25) is 0 Å². The molecule has 0 aliphatic carbocycles. The minimum Gasteiger partial charge on any atom is -0.319 e. The number of aryl methyl sites for hydroxylation is 1. The molecule has 2 aromatic carbocycles. The molecule has 142 valence electrons. The summed E-state index contributed by atoms with van der Waals surface area (Å²) in [7, 11) is -1.43. The summed E-state index contributed by atoms with van der Waals surface area (Å²) in [5.74, 6) is -0.268. The zero-order valence-electron chi connectivity index (χ0n) is 15.1. The Bertz CT molecular complexity index is 1170. The first-order chi connectivity index (χ1) is 12.7. The van der Waals surface area contributed by atoms with Gasteiger partial charge in [-0.2, -0.15) is 4.99 Å². The number of fused-ring (bicyclic) bond motifs is 1. The van der Waals surface area contributed by atoms with Crippen LogP contribution in [-0.2, 0) is 28.1 Å². The van der Waals surface area contributed by atoms with Crippen molar-refractivity contribution in [3.8, 4) is 0 Å². The number of amides is 1. The van der Waals surface area contributed by atoms with Crippen molar-refractivity contribution in [2.45, 2.75) is 30.4 Å². The number of carbonyl (C=O) groups excluding carboxylic acids is 1. The summed E-state index contributed by atoms with van der Waals surface area (Å²) in [6.07, 6.45) is 0.125. The first kappa shape index (κ1) is 20.0. The molecule has 0 fully saturated rings. The first-order valence-corrected chi connectivity index (χ1v) is 11.5. The van der Waals surface area contributed by atoms with E-state index in [1.54, 1.807) is 38.1 Å². The average molecular weight is 467 g/mol. The Kier molecular flexibility index (Phi) is 5.69. The van der Waals surface area contributed by atoms with Crippen molar-refractivity contribution in [2.24, 2.45) is 12.0 Å². The zero-order chi connectivity index (χ0) is 19.8. The van der Waals surface area contributed by atoms with Gasteiger partial charge in [0.25, 0.3) is 5.91 Å². The van der Waals surface area contributed by atoms with E-state index in [4.69, 9.17) is 0 Å². The van der Waals surface area contributed by atoms with Crippen molar-refractivity contribution in [1.29, 1.82) is 0 Å². The van der Waals surface area contributed by atoms with Crippen molar-refractivity contribution in [2.75, 3.05) is 0 Å². The molecule has 1 amide bonds. The number of hydrogen-bond acceptors (Lipinski definition) is 4. The summed E-state index contributed by atoms with van der Waals surface area (Å²) < 4.78 is 28.2. The van der Waals surface area contributed by atoms with E-state index in [-0.39, 0.29) is 17.2 Å². The second kappa shape index (κ2) is 7.69. The van der Waals surface area contributed by atoms with Gasteiger partial charge in [0.05, 0.1) is 26.8 Å². The third-order valence-electron chi connectivity index (χ3n) is 4.22. The number of carbonyl (C=O) groups is 1. The molecule has 0 bridgehead atoms. The Labute approximate surface area is 170 Å². The molecular weight excluding hydrogens is 448 g/mol. The lowest BCUT2D eigenvalue weighted by Gasteiger charge is -2.08. The Morgan fingerprint density at radius 3 is 2.48 bits per heavy atom. The van der Waals surface area contributed by atoms with Crippen molar-refractivity contribution in [3.63, 3.8) is 0 Å². The lowest BCUT2D eigenvalue weighted by molar-refractivity contribution is -0.117. The number of aromatic nitrogens is 1. The first-order valence-electron chi connectivity index (χ1n) is 8.34. The summed E-state index contributed by atoms with van der Waals surface area (Å²) in [6.45, 7) is 3.30. The lowest BCUT2D eigenvalue weighted by atomic mass is 10.1. The van der Waals surface area contributed by atoms with Crippen LogP contribution in [0.5, 0.6) is 0 Å². The van der Waals surface area contributed by atoms with E-state index in [0.717, 1.165) is 20.3 Å². The summed E-state index contributed by atoms with van der Waals surface area (Å²) in [4.78, 5) is 17.5. The molecule has 0 atom stereocenters. The van der Waals surface area contributed by atoms with Crippen molar-refractivity contribution in [3.05, 3.63) is 57.3 Å². The SMILES string of the molecule is CC(C)S(=O)(=O)c1ccc(CC(=O)N=c2sc3cc(Br)ccc3n2C)cc1. The Morgan fingerprint density at radius 1 is 1.19 bits per heavy atom. The van der Waals surface area contributed by atoms with Gasteiger partial charge >= 0.3 is 0 Å². The molecule has 27 heavy (non-hydrogen) atoms. The summed E-state index contributed by atoms with van der Waals surface area (Å²) in [5, 5.41) is -0.479. The smallest absolute Gasteiger partial charge is 0.252 e. The molecule has 3 rings (SSSR count). The molecule has 0 aliphatic heterocycles. The van der Waals surface area contributed by atoms with Gasteiger partial charge in [-0.1, -0.05) is 39.4 Å². The van der Waals surface area contributed by atoms with Crippen LogP contribution < -0.4 is 4.80 Å². The van der Waals surface area contributed by atoms with Gasteiger partial charge in [0.1, 0.15) is 0 Å². The third kappa shape index (κ3) is 4.23. The fourth-order valence-electron chi connectivity index (χ4n) is 2.60. The number of nitrogens with zero attached hydrogens (tertiary/aromatic N) is 2. The van der Waals surface area contributed by atoms with Crippen LogP contribution in [-0.4, -0.2) is 24.1 Å². The molecule has 0 radical (unpaired) electrons. The highest BCUT2D eigenvalue weighted by Crippen LogP contribution is 2.21. The van der Waals surface area contributed by atoms with Crippen molar-refractivity contribution >= 4 is 53.2 Å². The molecule has 1 aromatic heterocycles. The summed E-state index contributed by atoms with van der Waals surface area (Å²) in [6, 6.07) is 12.4. The van der Waals surface area contributed by atoms with Crippen LogP contribution in [0.3, 0.4) is 0 Å². The molecular formula is C19H19BrN2O3S2. The van der Waals surface area contributed by atoms with E-state index in [9.17, 15) is 13.2 Å². The highest BCUT2D eigenvalue weighted by Gasteiger charge is 2.18. The quantitative estimate of drug-likeness (QED) is 0.586. The predicted molar refractivity (Wildman–Crippen MR) is 112 cm³/mol. The van der Waals surface area contributed by atoms with Gasteiger partial charge in [-0.05, 0) is 49.7 Å². The minimum atomic E-state index is -3.31. The number of halogens is 1. The fourth-order valence-corrected chi connectivity index (χ4v) is 5.25. The van der Waals surface area contributed by atoms with E-state index in [0.29, 0.717) is 4.80 Å². The molecule has 1 heterocycles. The Balaban J connectivity index is 1.84. The van der Waals surface area contributed by atoms with Crippen LogP contribution in [0.15, 0.2) is 56.8 Å². The van der Waals surface area contributed by atoms with Crippen LogP contribution >= 0.6 is 27.3 Å². The molecule has 3 aromatic rings. The molecule has 0 aliphatic rings. The number of sulfone groups is 1. The molecule has 8 heteroatoms. The third-order valence-corrected chi connectivity index (χ3v) is 7.98. The van der Waals surface area contributed by atoms with Gasteiger partial charge in [0, 0.05) is 11.5 Å². The highest BCUT2D eigenvalue weighted by atomic mass is 79.9. The van der Waals surface area contributed by atoms with E-state index < -0.39 is 15.1 Å². The maximum atomic E-state index is 12.4. The van der Waals surface area contributed by atoms with Crippen molar-refractivity contribution in [1.82, 2.24) is 4.57 Å². The number of hydrogen-bond donors (Lipinski definition) is 0. The van der Waals surface area contributed by atoms with Crippen molar-refractivity contribution < 1.29 is 13.2 Å². The van der Waals surface area contributed by atoms with Crippen LogP contribution in [0.2, 0.25) is 0 Å².